The Kier molecular flexibility index (Phi) is 1.51. The van der Waals surface area contributed by atoms with Crippen molar-refractivity contribution in [3.05, 3.63) is 0 Å². The summed E-state index contributed by atoms with van der Waals surface area (Å²) in [6.45, 7) is 4.92. The van der Waals surface area contributed by atoms with Crippen LogP contribution < -0.4 is 0 Å². The number of fused-ring (bicyclic) bond motifs is 2. The van der Waals surface area contributed by atoms with Crippen molar-refractivity contribution in [3.8, 4) is 0 Å². The van der Waals surface area contributed by atoms with E-state index in [1.54, 1.807) is 6.42 Å². The van der Waals surface area contributed by atoms with E-state index >= 15 is 0 Å². The van der Waals surface area contributed by atoms with E-state index in [9.17, 15) is 0 Å². The van der Waals surface area contributed by atoms with Crippen LogP contribution in [0.25, 0.3) is 0 Å². The molecule has 2 aliphatic carbocycles. The third kappa shape index (κ3) is 0.810. The summed E-state index contributed by atoms with van der Waals surface area (Å²) in [6.07, 6.45) is 6.14. The predicted octanol–water partition coefficient (Wildman–Crippen LogP) is 3.08. The van der Waals surface area contributed by atoms with Gasteiger partial charge in [0.25, 0.3) is 0 Å². The molecule has 0 aromatic rings. The molecular formula is C10H18. The topological polar surface area (TPSA) is 0 Å². The van der Waals surface area contributed by atoms with Gasteiger partial charge in [-0.1, -0.05) is 33.1 Å². The Bertz CT molecular complexity index is 110. The zero-order valence-corrected chi connectivity index (χ0v) is 7.14. The summed E-state index contributed by atoms with van der Waals surface area (Å²) in [5.74, 6) is 4.28. The normalized spacial score (nSPS) is 53.4. The molecule has 0 nitrogen and oxygen atoms in total. The van der Waals surface area contributed by atoms with Gasteiger partial charge < -0.3 is 0 Å². The van der Waals surface area contributed by atoms with Gasteiger partial charge in [0.15, 0.2) is 0 Å². The standard InChI is InChI=1S/C10H18/c1-7-8(2)10-5-3-4-9(7)6-10/h7-10H,3-6H2,1-2H3. The van der Waals surface area contributed by atoms with Gasteiger partial charge in [0.1, 0.15) is 0 Å². The van der Waals surface area contributed by atoms with Crippen molar-refractivity contribution < 1.29 is 0 Å². The predicted molar refractivity (Wildman–Crippen MR) is 43.8 cm³/mol. The molecule has 0 aliphatic heterocycles. The van der Waals surface area contributed by atoms with E-state index in [-0.39, 0.29) is 0 Å². The van der Waals surface area contributed by atoms with Gasteiger partial charge >= 0.3 is 0 Å². The molecule has 4 atom stereocenters. The molecule has 2 aliphatic rings. The molecule has 2 saturated carbocycles. The Hall–Kier alpha value is 0. The minimum absolute atomic E-state index is 1.03. The maximum atomic E-state index is 2.46. The highest BCUT2D eigenvalue weighted by Gasteiger charge is 2.39. The first-order chi connectivity index (χ1) is 4.79. The zero-order chi connectivity index (χ0) is 7.14. The highest BCUT2D eigenvalue weighted by molar-refractivity contribution is 4.89. The molecule has 0 heteroatoms. The van der Waals surface area contributed by atoms with Gasteiger partial charge in [0.2, 0.25) is 0 Å². The lowest BCUT2D eigenvalue weighted by Crippen LogP contribution is -2.07. The first kappa shape index (κ1) is 6.69. The fourth-order valence-electron chi connectivity index (χ4n) is 3.08. The van der Waals surface area contributed by atoms with Crippen molar-refractivity contribution in [1.82, 2.24) is 0 Å². The lowest BCUT2D eigenvalue weighted by molar-refractivity contribution is 0.333. The highest BCUT2D eigenvalue weighted by Crippen LogP contribution is 2.49. The van der Waals surface area contributed by atoms with Gasteiger partial charge in [-0.25, -0.2) is 0 Å². The maximum absolute atomic E-state index is 2.46. The Labute approximate surface area is 64.0 Å². The molecule has 0 spiro atoms. The molecule has 0 aromatic carbocycles. The van der Waals surface area contributed by atoms with Gasteiger partial charge in [0.05, 0.1) is 0 Å². The lowest BCUT2D eigenvalue weighted by atomic mass is 9.87. The zero-order valence-electron chi connectivity index (χ0n) is 7.14. The van der Waals surface area contributed by atoms with Gasteiger partial charge in [-0.3, -0.25) is 0 Å². The van der Waals surface area contributed by atoms with E-state index in [1.807, 2.05) is 0 Å². The summed E-state index contributed by atoms with van der Waals surface area (Å²) >= 11 is 0. The molecule has 2 fully saturated rings. The van der Waals surface area contributed by atoms with Crippen molar-refractivity contribution in [3.63, 3.8) is 0 Å². The smallest absolute Gasteiger partial charge is 0.0383 e. The second-order valence-corrected chi connectivity index (χ2v) is 4.40. The van der Waals surface area contributed by atoms with Crippen LogP contribution in [-0.4, -0.2) is 0 Å². The van der Waals surface area contributed by atoms with Crippen molar-refractivity contribution in [2.75, 3.05) is 0 Å². The molecular weight excluding hydrogens is 120 g/mol. The summed E-state index contributed by atoms with van der Waals surface area (Å²) in [6, 6.07) is 0. The van der Waals surface area contributed by atoms with Gasteiger partial charge in [-0.05, 0) is 30.1 Å². The molecule has 0 heterocycles. The number of hydrogen-bond acceptors (Lipinski definition) is 0. The minimum Gasteiger partial charge on any atom is -0.0620 e. The van der Waals surface area contributed by atoms with E-state index in [0.29, 0.717) is 0 Å². The monoisotopic (exact) mass is 138 g/mol. The number of rotatable bonds is 0. The molecule has 58 valence electrons. The second-order valence-electron chi connectivity index (χ2n) is 4.40. The average Bonchev–Trinajstić information content (AvgIpc) is 2.17. The van der Waals surface area contributed by atoms with Crippen LogP contribution in [0.1, 0.15) is 39.5 Å². The van der Waals surface area contributed by atoms with Gasteiger partial charge in [-0.15, -0.1) is 0 Å². The second kappa shape index (κ2) is 2.25. The Morgan fingerprint density at radius 3 is 1.80 bits per heavy atom. The average molecular weight is 138 g/mol. The summed E-state index contributed by atoms with van der Waals surface area (Å²) < 4.78 is 0. The third-order valence-electron chi connectivity index (χ3n) is 4.07. The Balaban J connectivity index is 2.13. The molecule has 2 rings (SSSR count). The van der Waals surface area contributed by atoms with Gasteiger partial charge in [-0.2, -0.15) is 0 Å². The minimum atomic E-state index is 1.03. The number of hydrogen-bond donors (Lipinski definition) is 0. The van der Waals surface area contributed by atoms with E-state index in [0.717, 1.165) is 23.7 Å². The van der Waals surface area contributed by atoms with Crippen LogP contribution in [0.3, 0.4) is 0 Å². The SMILES string of the molecule is CC1C2CCCC(C2)C1C. The maximum Gasteiger partial charge on any atom is -0.0383 e. The van der Waals surface area contributed by atoms with Gasteiger partial charge in [0, 0.05) is 0 Å². The van der Waals surface area contributed by atoms with E-state index in [2.05, 4.69) is 13.8 Å². The highest BCUT2D eigenvalue weighted by atomic mass is 14.4. The molecule has 0 N–H and O–H groups in total. The first-order valence-electron chi connectivity index (χ1n) is 4.79. The molecule has 0 aromatic heterocycles. The Morgan fingerprint density at radius 1 is 0.900 bits per heavy atom. The largest absolute Gasteiger partial charge is 0.0620 e. The van der Waals surface area contributed by atoms with Crippen LogP contribution in [0.4, 0.5) is 0 Å². The van der Waals surface area contributed by atoms with Crippen molar-refractivity contribution in [2.24, 2.45) is 23.7 Å². The molecule has 0 radical (unpaired) electrons. The summed E-state index contributed by atoms with van der Waals surface area (Å²) in [5.41, 5.74) is 0. The van der Waals surface area contributed by atoms with Crippen LogP contribution >= 0.6 is 0 Å². The summed E-state index contributed by atoms with van der Waals surface area (Å²) in [5, 5.41) is 0. The summed E-state index contributed by atoms with van der Waals surface area (Å²) in [7, 11) is 0. The van der Waals surface area contributed by atoms with Crippen LogP contribution in [0, 0.1) is 23.7 Å². The molecule has 4 unspecified atom stereocenters. The van der Waals surface area contributed by atoms with Crippen LogP contribution in [0.15, 0.2) is 0 Å². The van der Waals surface area contributed by atoms with E-state index in [1.165, 1.54) is 19.3 Å². The van der Waals surface area contributed by atoms with Crippen LogP contribution in [0.2, 0.25) is 0 Å². The van der Waals surface area contributed by atoms with Crippen LogP contribution in [-0.2, 0) is 0 Å². The molecule has 2 bridgehead atoms. The first-order valence-corrected chi connectivity index (χ1v) is 4.79. The van der Waals surface area contributed by atoms with E-state index < -0.39 is 0 Å². The Morgan fingerprint density at radius 2 is 1.40 bits per heavy atom. The lowest BCUT2D eigenvalue weighted by Gasteiger charge is -2.18. The molecule has 10 heavy (non-hydrogen) atoms. The molecule has 0 amide bonds. The third-order valence-corrected chi connectivity index (χ3v) is 4.07. The fraction of sp³-hybridized carbons (Fsp3) is 1.00. The quantitative estimate of drug-likeness (QED) is 0.482. The van der Waals surface area contributed by atoms with Crippen molar-refractivity contribution in [1.29, 1.82) is 0 Å². The van der Waals surface area contributed by atoms with Crippen molar-refractivity contribution in [2.45, 2.75) is 39.5 Å². The van der Waals surface area contributed by atoms with Crippen molar-refractivity contribution >= 4 is 0 Å². The molecule has 0 saturated heterocycles. The van der Waals surface area contributed by atoms with E-state index in [4.69, 9.17) is 0 Å². The summed E-state index contributed by atoms with van der Waals surface area (Å²) in [4.78, 5) is 0. The fourth-order valence-corrected chi connectivity index (χ4v) is 3.08. The van der Waals surface area contributed by atoms with Crippen LogP contribution in [0.5, 0.6) is 0 Å².